The average molecular weight is 627 g/mol. The first-order valence-corrected chi connectivity index (χ1v) is 20.7. The van der Waals surface area contributed by atoms with Crippen molar-refractivity contribution in [1.82, 2.24) is 0 Å². The Labute approximate surface area is 272 Å². The van der Waals surface area contributed by atoms with Crippen LogP contribution in [-0.4, -0.2) is 6.61 Å². The van der Waals surface area contributed by atoms with Crippen LogP contribution in [0.1, 0.15) is 152 Å². The molecule has 0 aromatic rings. The van der Waals surface area contributed by atoms with Gasteiger partial charge >= 0.3 is 0 Å². The zero-order valence-corrected chi connectivity index (χ0v) is 31.9. The normalized spacial score (nSPS) is 35.6. The van der Waals surface area contributed by atoms with Crippen LogP contribution in [-0.2, 0) is 4.52 Å². The van der Waals surface area contributed by atoms with E-state index < -0.39 is 0 Å². The Balaban J connectivity index is 0.000000198. The van der Waals surface area contributed by atoms with Gasteiger partial charge in [-0.1, -0.05) is 118 Å². The molecule has 0 amide bonds. The number of allylic oxidation sites excluding steroid dienone is 6. The third-order valence-corrected chi connectivity index (χ3v) is 14.4. The quantitative estimate of drug-likeness (QED) is 0.155. The van der Waals surface area contributed by atoms with Crippen LogP contribution in [0.15, 0.2) is 46.6 Å². The highest BCUT2D eigenvalue weighted by atomic mass is 32.0. The molecule has 3 heteroatoms. The second-order valence-corrected chi connectivity index (χ2v) is 18.6. The summed E-state index contributed by atoms with van der Waals surface area (Å²) < 4.78 is 5.45. The lowest BCUT2D eigenvalue weighted by Gasteiger charge is -2.58. The third-order valence-electron chi connectivity index (χ3n) is 13.5. The molecule has 5 rings (SSSR count). The van der Waals surface area contributed by atoms with E-state index in [0.717, 1.165) is 24.4 Å². The predicted octanol–water partition coefficient (Wildman–Crippen LogP) is 13.2. The summed E-state index contributed by atoms with van der Waals surface area (Å²) in [5.74, 6) is 3.22. The van der Waals surface area contributed by atoms with E-state index in [1.165, 1.54) is 101 Å². The predicted molar refractivity (Wildman–Crippen MR) is 196 cm³/mol. The molecule has 0 aromatic carbocycles. The minimum atomic E-state index is 0.468. The van der Waals surface area contributed by atoms with E-state index in [4.69, 9.17) is 4.52 Å². The smallest absolute Gasteiger partial charge is 0.0693 e. The van der Waals surface area contributed by atoms with E-state index in [1.807, 2.05) is 5.57 Å². The molecule has 7 atom stereocenters. The zero-order valence-electron chi connectivity index (χ0n) is 29.8. The Bertz CT molecular complexity index is 1090. The fourth-order valence-electron chi connectivity index (χ4n) is 11.1. The second kappa shape index (κ2) is 14.3. The fraction of sp³-hybridized carbons (Fsp3) is 0.800. The number of fused-ring (bicyclic) bond motifs is 3. The van der Waals surface area contributed by atoms with Gasteiger partial charge in [0.05, 0.1) is 6.61 Å². The van der Waals surface area contributed by atoms with Gasteiger partial charge in [-0.25, -0.2) is 0 Å². The SMILES string of the molecule is C=C1CCC2C(C)(C)CCC[C@]2(C)[C@H]1CC/C(C)=C/COPP.CC(C)C1=CC2=C(CC1)[C@@]1(C)CCCC(C)(C)C1CC2. The van der Waals surface area contributed by atoms with Crippen molar-refractivity contribution in [3.8, 4) is 0 Å². The van der Waals surface area contributed by atoms with Crippen LogP contribution in [0.4, 0.5) is 0 Å². The van der Waals surface area contributed by atoms with E-state index >= 15 is 0 Å². The molecule has 43 heavy (non-hydrogen) atoms. The van der Waals surface area contributed by atoms with E-state index in [9.17, 15) is 0 Å². The maximum absolute atomic E-state index is 5.45. The van der Waals surface area contributed by atoms with Gasteiger partial charge in [0, 0.05) is 8.50 Å². The van der Waals surface area contributed by atoms with Crippen molar-refractivity contribution in [1.29, 1.82) is 0 Å². The van der Waals surface area contributed by atoms with Gasteiger partial charge in [0.2, 0.25) is 0 Å². The van der Waals surface area contributed by atoms with Gasteiger partial charge in [-0.2, -0.15) is 0 Å². The highest BCUT2D eigenvalue weighted by Gasteiger charge is 2.53. The number of hydrogen-bond acceptors (Lipinski definition) is 1. The summed E-state index contributed by atoms with van der Waals surface area (Å²) in [6.45, 7) is 27.4. The first-order chi connectivity index (χ1) is 20.2. The number of rotatable bonds is 7. The second-order valence-electron chi connectivity index (χ2n) is 17.4. The largest absolute Gasteiger partial charge is 0.354 e. The summed E-state index contributed by atoms with van der Waals surface area (Å²) in [6.07, 6.45) is 23.8. The summed E-state index contributed by atoms with van der Waals surface area (Å²) in [5.41, 5.74) is 10.3. The molecule has 1 nitrogen and oxygen atoms in total. The Morgan fingerprint density at radius 1 is 0.953 bits per heavy atom. The molecule has 0 saturated heterocycles. The van der Waals surface area contributed by atoms with Crippen molar-refractivity contribution in [2.75, 3.05) is 6.61 Å². The first-order valence-electron chi connectivity index (χ1n) is 18.0. The van der Waals surface area contributed by atoms with Gasteiger partial charge in [0.15, 0.2) is 0 Å². The first kappa shape index (κ1) is 35.6. The van der Waals surface area contributed by atoms with Gasteiger partial charge in [0.1, 0.15) is 0 Å². The van der Waals surface area contributed by atoms with Gasteiger partial charge in [0.25, 0.3) is 0 Å². The average Bonchev–Trinajstić information content (AvgIpc) is 2.92. The molecule has 5 aliphatic rings. The highest BCUT2D eigenvalue weighted by molar-refractivity contribution is 8.00. The molecule has 3 saturated carbocycles. The van der Waals surface area contributed by atoms with Crippen molar-refractivity contribution in [3.63, 3.8) is 0 Å². The summed E-state index contributed by atoms with van der Waals surface area (Å²) >= 11 is 0. The molecular formula is C40H68OP2. The Morgan fingerprint density at radius 3 is 2.28 bits per heavy atom. The van der Waals surface area contributed by atoms with Crippen LogP contribution >= 0.6 is 17.4 Å². The fourth-order valence-corrected chi connectivity index (χ4v) is 11.6. The molecule has 0 aliphatic heterocycles. The molecule has 4 unspecified atom stereocenters. The minimum Gasteiger partial charge on any atom is -0.354 e. The molecule has 3 fully saturated rings. The van der Waals surface area contributed by atoms with Crippen LogP contribution in [0.25, 0.3) is 0 Å². The Morgan fingerprint density at radius 2 is 1.60 bits per heavy atom. The van der Waals surface area contributed by atoms with E-state index in [-0.39, 0.29) is 0 Å². The molecule has 0 aromatic heterocycles. The van der Waals surface area contributed by atoms with E-state index in [2.05, 4.69) is 90.0 Å². The minimum absolute atomic E-state index is 0.468. The summed E-state index contributed by atoms with van der Waals surface area (Å²) in [6, 6.07) is 0. The Kier molecular flexibility index (Phi) is 11.8. The lowest BCUT2D eigenvalue weighted by molar-refractivity contribution is -0.0539. The Hall–Kier alpha value is -0.220. The monoisotopic (exact) mass is 626 g/mol. The highest BCUT2D eigenvalue weighted by Crippen LogP contribution is 2.63. The van der Waals surface area contributed by atoms with Gasteiger partial charge in [-0.05, 0) is 135 Å². The van der Waals surface area contributed by atoms with Crippen molar-refractivity contribution < 1.29 is 4.52 Å². The van der Waals surface area contributed by atoms with Crippen LogP contribution < -0.4 is 0 Å². The van der Waals surface area contributed by atoms with Gasteiger partial charge in [-0.15, -0.1) is 0 Å². The standard InChI is InChI=1S/C20H36OP2.C20H32/c1-15(11-14-21-23-22)7-9-17-16(2)8-10-18-19(3,4)12-6-13-20(17,18)5;1-14(2)15-7-9-17-16(13-15)8-10-18-19(3,4)11-6-12-20(17,18)5/h11,17-18,23H,2,6-10,12-14,22H2,1,3-5H3;13-14,18H,6-12H2,1-5H3/b15-11+;/t17-,18?,20+;18?,20-/m01/s1. The molecule has 0 heterocycles. The summed E-state index contributed by atoms with van der Waals surface area (Å²) in [7, 11) is 3.14. The maximum atomic E-state index is 5.45. The lowest BCUT2D eigenvalue weighted by atomic mass is 9.47. The molecule has 0 bridgehead atoms. The number of hydrogen-bond donors (Lipinski definition) is 0. The zero-order chi connectivity index (χ0) is 31.6. The molecule has 244 valence electrons. The van der Waals surface area contributed by atoms with Gasteiger partial charge < -0.3 is 4.52 Å². The summed E-state index contributed by atoms with van der Waals surface area (Å²) in [5, 5.41) is 0. The van der Waals surface area contributed by atoms with E-state index in [0.29, 0.717) is 36.1 Å². The van der Waals surface area contributed by atoms with Gasteiger partial charge in [-0.3, -0.25) is 0 Å². The molecule has 0 spiro atoms. The van der Waals surface area contributed by atoms with Crippen molar-refractivity contribution in [3.05, 3.63) is 46.6 Å². The molecule has 5 aliphatic carbocycles. The van der Waals surface area contributed by atoms with Crippen LogP contribution in [0.2, 0.25) is 0 Å². The molecule has 0 N–H and O–H groups in total. The van der Waals surface area contributed by atoms with Crippen molar-refractivity contribution in [2.24, 2.45) is 45.3 Å². The van der Waals surface area contributed by atoms with Crippen LogP contribution in [0.5, 0.6) is 0 Å². The molecular weight excluding hydrogens is 558 g/mol. The third kappa shape index (κ3) is 7.68. The summed E-state index contributed by atoms with van der Waals surface area (Å²) in [4.78, 5) is 0. The van der Waals surface area contributed by atoms with Crippen molar-refractivity contribution >= 4 is 17.4 Å². The topological polar surface area (TPSA) is 9.23 Å². The molecule has 0 radical (unpaired) electrons. The van der Waals surface area contributed by atoms with Crippen LogP contribution in [0, 0.1) is 45.3 Å². The lowest BCUT2D eigenvalue weighted by Crippen LogP contribution is -2.49. The maximum Gasteiger partial charge on any atom is 0.0693 e. The van der Waals surface area contributed by atoms with Crippen LogP contribution in [0.3, 0.4) is 0 Å². The van der Waals surface area contributed by atoms with Crippen molar-refractivity contribution in [2.45, 2.75) is 152 Å². The van der Waals surface area contributed by atoms with E-state index in [1.54, 1.807) is 11.1 Å².